The fourth-order valence-corrected chi connectivity index (χ4v) is 3.97. The van der Waals surface area contributed by atoms with E-state index in [2.05, 4.69) is 25.3 Å². The monoisotopic (exact) mass is 447 g/mol. The lowest BCUT2D eigenvalue weighted by atomic mass is 10.1. The topological polar surface area (TPSA) is 78.7 Å². The minimum Gasteiger partial charge on any atom is -0.353 e. The molecule has 9 heteroatoms. The van der Waals surface area contributed by atoms with Gasteiger partial charge in [0, 0.05) is 48.5 Å². The van der Waals surface area contributed by atoms with Crippen molar-refractivity contribution in [3.8, 4) is 11.3 Å². The number of benzene rings is 2. The first-order chi connectivity index (χ1) is 15.6. The predicted octanol–water partition coefficient (Wildman–Crippen LogP) is 4.11. The maximum atomic E-state index is 12.7. The summed E-state index contributed by atoms with van der Waals surface area (Å²) in [6.45, 7) is 4.46. The third kappa shape index (κ3) is 3.97. The molecule has 0 spiro atoms. The highest BCUT2D eigenvalue weighted by Gasteiger charge is 2.24. The van der Waals surface area contributed by atoms with Gasteiger partial charge in [-0.3, -0.25) is 0 Å². The quantitative estimate of drug-likeness (QED) is 0.511. The molecule has 0 saturated carbocycles. The molecule has 3 heterocycles. The molecule has 2 aromatic heterocycles. The summed E-state index contributed by atoms with van der Waals surface area (Å²) in [5.74, 6) is 1.47. The van der Waals surface area contributed by atoms with E-state index in [0.717, 1.165) is 22.6 Å². The molecule has 4 aromatic rings. The van der Waals surface area contributed by atoms with Crippen molar-refractivity contribution in [2.75, 3.05) is 36.4 Å². The van der Waals surface area contributed by atoms with E-state index in [1.807, 2.05) is 60.4 Å². The summed E-state index contributed by atoms with van der Waals surface area (Å²) < 4.78 is 1.75. The summed E-state index contributed by atoms with van der Waals surface area (Å²) in [7, 11) is 0. The zero-order valence-electron chi connectivity index (χ0n) is 17.6. The number of piperazine rings is 1. The first-order valence-electron chi connectivity index (χ1n) is 10.4. The van der Waals surface area contributed by atoms with E-state index in [4.69, 9.17) is 11.6 Å². The lowest BCUT2D eigenvalue weighted by molar-refractivity contribution is 0.208. The van der Waals surface area contributed by atoms with Crippen LogP contribution in [0.25, 0.3) is 17.0 Å². The number of hydrogen-bond acceptors (Lipinski definition) is 5. The number of fused-ring (bicyclic) bond motifs is 1. The van der Waals surface area contributed by atoms with E-state index >= 15 is 0 Å². The highest BCUT2D eigenvalue weighted by molar-refractivity contribution is 6.31. The van der Waals surface area contributed by atoms with Crippen LogP contribution < -0.4 is 10.2 Å². The van der Waals surface area contributed by atoms with Crippen molar-refractivity contribution < 1.29 is 4.79 Å². The van der Waals surface area contributed by atoms with Crippen molar-refractivity contribution in [2.24, 2.45) is 0 Å². The smallest absolute Gasteiger partial charge is 0.321 e. The van der Waals surface area contributed by atoms with Gasteiger partial charge >= 0.3 is 6.03 Å². The van der Waals surface area contributed by atoms with Crippen molar-refractivity contribution in [1.29, 1.82) is 0 Å². The van der Waals surface area contributed by atoms with Crippen LogP contribution in [0.3, 0.4) is 0 Å². The zero-order valence-corrected chi connectivity index (χ0v) is 18.3. The molecule has 1 aliphatic heterocycles. The molecule has 162 valence electrons. The Hall–Kier alpha value is -3.65. The number of hydrogen-bond donors (Lipinski definition) is 1. The molecular weight excluding hydrogens is 426 g/mol. The van der Waals surface area contributed by atoms with Crippen molar-refractivity contribution in [1.82, 2.24) is 24.5 Å². The van der Waals surface area contributed by atoms with Gasteiger partial charge in [-0.25, -0.2) is 9.78 Å². The molecule has 0 radical (unpaired) electrons. The summed E-state index contributed by atoms with van der Waals surface area (Å²) in [6.07, 6.45) is 1.51. The van der Waals surface area contributed by atoms with E-state index in [9.17, 15) is 4.79 Å². The SMILES string of the molecule is Cc1ccc(NC(=O)N2CCN(c3cc(-c4ccccc4)nc4ncnn34)CC2)cc1Cl. The molecule has 1 aliphatic rings. The zero-order chi connectivity index (χ0) is 22.1. The van der Waals surface area contributed by atoms with E-state index in [0.29, 0.717) is 42.7 Å². The molecule has 0 aliphatic carbocycles. The second-order valence-electron chi connectivity index (χ2n) is 7.71. The van der Waals surface area contributed by atoms with Gasteiger partial charge in [-0.2, -0.15) is 14.6 Å². The lowest BCUT2D eigenvalue weighted by Gasteiger charge is -2.36. The van der Waals surface area contributed by atoms with Crippen molar-refractivity contribution in [3.63, 3.8) is 0 Å². The van der Waals surface area contributed by atoms with Gasteiger partial charge in [0.2, 0.25) is 0 Å². The number of carbonyl (C=O) groups is 1. The second kappa shape index (κ2) is 8.47. The molecule has 0 bridgehead atoms. The van der Waals surface area contributed by atoms with Gasteiger partial charge in [-0.1, -0.05) is 48.0 Å². The van der Waals surface area contributed by atoms with Gasteiger partial charge in [-0.05, 0) is 24.6 Å². The Labute approximate surface area is 190 Å². The van der Waals surface area contributed by atoms with Crippen LogP contribution in [0.4, 0.5) is 16.3 Å². The van der Waals surface area contributed by atoms with Crippen LogP contribution in [0, 0.1) is 6.92 Å². The van der Waals surface area contributed by atoms with Crippen LogP contribution >= 0.6 is 11.6 Å². The standard InChI is InChI=1S/C23H22ClN7O/c1-16-7-8-18(13-19(16)24)27-23(32)30-11-9-29(10-12-30)21-14-20(17-5-3-2-4-6-17)28-22-25-15-26-31(21)22/h2-8,13-15H,9-12H2,1H3,(H,27,32). The Kier molecular flexibility index (Phi) is 5.36. The summed E-state index contributed by atoms with van der Waals surface area (Å²) in [6, 6.07) is 17.4. The minimum atomic E-state index is -0.129. The van der Waals surface area contributed by atoms with E-state index < -0.39 is 0 Å². The maximum absolute atomic E-state index is 12.7. The first kappa shape index (κ1) is 20.3. The normalized spacial score (nSPS) is 14.1. The molecular formula is C23H22ClN7O. The van der Waals surface area contributed by atoms with Crippen LogP contribution in [0.2, 0.25) is 5.02 Å². The molecule has 1 N–H and O–H groups in total. The van der Waals surface area contributed by atoms with Gasteiger partial charge in [0.25, 0.3) is 5.78 Å². The average molecular weight is 448 g/mol. The largest absolute Gasteiger partial charge is 0.353 e. The number of nitrogens with one attached hydrogen (secondary N) is 1. The van der Waals surface area contributed by atoms with E-state index in [1.165, 1.54) is 6.33 Å². The van der Waals surface area contributed by atoms with Gasteiger partial charge in [0.05, 0.1) is 5.69 Å². The van der Waals surface area contributed by atoms with Gasteiger partial charge in [0.15, 0.2) is 0 Å². The van der Waals surface area contributed by atoms with Gasteiger partial charge in [-0.15, -0.1) is 0 Å². The fraction of sp³-hybridized carbons (Fsp3) is 0.217. The molecule has 32 heavy (non-hydrogen) atoms. The number of aryl methyl sites for hydroxylation is 1. The highest BCUT2D eigenvalue weighted by atomic mass is 35.5. The number of amides is 2. The van der Waals surface area contributed by atoms with Crippen molar-refractivity contribution >= 4 is 34.9 Å². The number of anilines is 2. The van der Waals surface area contributed by atoms with Crippen LogP contribution in [0.15, 0.2) is 60.9 Å². The predicted molar refractivity (Wildman–Crippen MR) is 125 cm³/mol. The van der Waals surface area contributed by atoms with Crippen LogP contribution in [-0.4, -0.2) is 56.7 Å². The molecule has 2 aromatic carbocycles. The molecule has 1 saturated heterocycles. The molecule has 5 rings (SSSR count). The summed E-state index contributed by atoms with van der Waals surface area (Å²) in [5, 5.41) is 7.92. The minimum absolute atomic E-state index is 0.129. The number of nitrogens with zero attached hydrogens (tertiary/aromatic N) is 6. The third-order valence-electron chi connectivity index (χ3n) is 5.62. The molecule has 8 nitrogen and oxygen atoms in total. The molecule has 1 fully saturated rings. The maximum Gasteiger partial charge on any atom is 0.321 e. The van der Waals surface area contributed by atoms with Gasteiger partial charge < -0.3 is 15.1 Å². The van der Waals surface area contributed by atoms with E-state index in [1.54, 1.807) is 10.6 Å². The number of rotatable bonds is 3. The summed E-state index contributed by atoms with van der Waals surface area (Å²) >= 11 is 6.18. The first-order valence-corrected chi connectivity index (χ1v) is 10.8. The number of aromatic nitrogens is 4. The Balaban J connectivity index is 1.32. The molecule has 0 unspecified atom stereocenters. The summed E-state index contributed by atoms with van der Waals surface area (Å²) in [5.41, 5.74) is 3.54. The fourth-order valence-electron chi connectivity index (χ4n) is 3.79. The van der Waals surface area contributed by atoms with Crippen molar-refractivity contribution in [2.45, 2.75) is 6.92 Å². The Morgan fingerprint density at radius 3 is 2.56 bits per heavy atom. The van der Waals surface area contributed by atoms with Crippen LogP contribution in [0.5, 0.6) is 0 Å². The van der Waals surface area contributed by atoms with Crippen LogP contribution in [-0.2, 0) is 0 Å². The Morgan fingerprint density at radius 1 is 1.03 bits per heavy atom. The third-order valence-corrected chi connectivity index (χ3v) is 6.02. The second-order valence-corrected chi connectivity index (χ2v) is 8.11. The van der Waals surface area contributed by atoms with Gasteiger partial charge in [0.1, 0.15) is 12.1 Å². The Morgan fingerprint density at radius 2 is 1.81 bits per heavy atom. The molecule has 2 amide bonds. The number of carbonyl (C=O) groups excluding carboxylic acids is 1. The molecule has 0 atom stereocenters. The van der Waals surface area contributed by atoms with E-state index in [-0.39, 0.29) is 6.03 Å². The highest BCUT2D eigenvalue weighted by Crippen LogP contribution is 2.25. The number of urea groups is 1. The number of halogens is 1. The lowest BCUT2D eigenvalue weighted by Crippen LogP contribution is -2.50. The van der Waals surface area contributed by atoms with Crippen molar-refractivity contribution in [3.05, 3.63) is 71.5 Å². The summed E-state index contributed by atoms with van der Waals surface area (Å²) in [4.78, 5) is 25.7. The average Bonchev–Trinajstić information content (AvgIpc) is 3.30. The Bertz CT molecular complexity index is 1270. The van der Waals surface area contributed by atoms with Crippen LogP contribution in [0.1, 0.15) is 5.56 Å².